The van der Waals surface area contributed by atoms with Crippen LogP contribution >= 0.6 is 0 Å². The summed E-state index contributed by atoms with van der Waals surface area (Å²) in [5.74, 6) is 4.67. The summed E-state index contributed by atoms with van der Waals surface area (Å²) in [6, 6.07) is 6.10. The summed E-state index contributed by atoms with van der Waals surface area (Å²) in [6.45, 7) is 0. The van der Waals surface area contributed by atoms with Crippen molar-refractivity contribution in [3.63, 3.8) is 0 Å². The normalized spacial score (nSPS) is 29.3. The molecule has 1 heterocycles. The average Bonchev–Trinajstić information content (AvgIpc) is 2.97. The second-order valence-corrected chi connectivity index (χ2v) is 6.82. The van der Waals surface area contributed by atoms with Crippen molar-refractivity contribution < 1.29 is 4.74 Å². The lowest BCUT2D eigenvalue weighted by Crippen LogP contribution is -2.27. The minimum atomic E-state index is 0.628. The molecule has 1 aromatic carbocycles. The van der Waals surface area contributed by atoms with E-state index in [1.54, 1.807) is 7.11 Å². The fourth-order valence-electron chi connectivity index (χ4n) is 4.45. The van der Waals surface area contributed by atoms with E-state index in [1.807, 2.05) is 6.07 Å². The predicted octanol–water partition coefficient (Wildman–Crippen LogP) is 4.65. The number of nitrogens with one attached hydrogen (secondary N) is 1. The zero-order valence-corrected chi connectivity index (χ0v) is 12.8. The highest BCUT2D eigenvalue weighted by atomic mass is 16.5. The molecule has 2 saturated carbocycles. The van der Waals surface area contributed by atoms with Gasteiger partial charge in [0.25, 0.3) is 0 Å². The highest BCUT2D eigenvalue weighted by Gasteiger charge is 2.33. The number of benzene rings is 1. The Morgan fingerprint density at radius 2 is 1.95 bits per heavy atom. The third kappa shape index (κ3) is 2.43. The van der Waals surface area contributed by atoms with Crippen molar-refractivity contribution in [1.29, 1.82) is 0 Å². The summed E-state index contributed by atoms with van der Waals surface area (Å²) >= 11 is 0. The maximum Gasteiger partial charge on any atom is 0.121 e. The van der Waals surface area contributed by atoms with E-state index in [9.17, 15) is 0 Å². The molecule has 3 atom stereocenters. The molecule has 4 rings (SSSR count). The number of imidazole rings is 1. The van der Waals surface area contributed by atoms with E-state index in [0.717, 1.165) is 28.6 Å². The molecule has 0 aliphatic heterocycles. The molecule has 2 aliphatic rings. The molecule has 0 radical (unpaired) electrons. The van der Waals surface area contributed by atoms with Crippen LogP contribution in [0.1, 0.15) is 56.7 Å². The number of nitrogens with zero attached hydrogens (tertiary/aromatic N) is 1. The Morgan fingerprint density at radius 3 is 2.81 bits per heavy atom. The summed E-state index contributed by atoms with van der Waals surface area (Å²) in [7, 11) is 1.71. The van der Waals surface area contributed by atoms with Gasteiger partial charge in [0.15, 0.2) is 0 Å². The third-order valence-electron chi connectivity index (χ3n) is 5.63. The van der Waals surface area contributed by atoms with Crippen LogP contribution in [-0.4, -0.2) is 17.1 Å². The van der Waals surface area contributed by atoms with Gasteiger partial charge in [-0.05, 0) is 43.2 Å². The van der Waals surface area contributed by atoms with Crippen molar-refractivity contribution in [2.45, 2.75) is 50.9 Å². The van der Waals surface area contributed by atoms with Crippen LogP contribution in [0.25, 0.3) is 11.0 Å². The first kappa shape index (κ1) is 13.2. The number of aromatic nitrogens is 2. The Balaban J connectivity index is 1.58. The van der Waals surface area contributed by atoms with Crippen LogP contribution in [-0.2, 0) is 0 Å². The quantitative estimate of drug-likeness (QED) is 0.872. The van der Waals surface area contributed by atoms with Crippen LogP contribution in [0.3, 0.4) is 0 Å². The Hall–Kier alpha value is -1.51. The lowest BCUT2D eigenvalue weighted by atomic mass is 9.67. The number of hydrogen-bond donors (Lipinski definition) is 1. The van der Waals surface area contributed by atoms with Gasteiger partial charge in [-0.15, -0.1) is 0 Å². The Kier molecular flexibility index (Phi) is 3.36. The Morgan fingerprint density at radius 1 is 1.10 bits per heavy atom. The topological polar surface area (TPSA) is 37.9 Å². The fourth-order valence-corrected chi connectivity index (χ4v) is 4.45. The van der Waals surface area contributed by atoms with E-state index in [0.29, 0.717) is 5.92 Å². The zero-order chi connectivity index (χ0) is 14.2. The Labute approximate surface area is 126 Å². The molecule has 2 aromatic rings. The van der Waals surface area contributed by atoms with E-state index in [-0.39, 0.29) is 0 Å². The van der Waals surface area contributed by atoms with Gasteiger partial charge in [0.05, 0.1) is 18.1 Å². The van der Waals surface area contributed by atoms with Crippen LogP contribution in [0.15, 0.2) is 18.2 Å². The standard InChI is InChI=1S/C18H24N2O/c1-21-15-8-9-16-17(11-15)20-18(19-16)14-7-6-12-4-2-3-5-13(12)10-14/h8-9,11-14H,2-7,10H2,1H3,(H,19,20). The van der Waals surface area contributed by atoms with Crippen molar-refractivity contribution in [2.24, 2.45) is 11.8 Å². The average molecular weight is 284 g/mol. The summed E-state index contributed by atoms with van der Waals surface area (Å²) in [5.41, 5.74) is 2.17. The molecule has 0 saturated heterocycles. The Bertz CT molecular complexity index is 633. The molecule has 1 N–H and O–H groups in total. The van der Waals surface area contributed by atoms with E-state index in [1.165, 1.54) is 50.8 Å². The maximum atomic E-state index is 5.30. The van der Waals surface area contributed by atoms with Crippen LogP contribution in [0, 0.1) is 11.8 Å². The minimum Gasteiger partial charge on any atom is -0.497 e. The van der Waals surface area contributed by atoms with Crippen LogP contribution in [0.5, 0.6) is 5.75 Å². The van der Waals surface area contributed by atoms with Gasteiger partial charge in [-0.25, -0.2) is 4.98 Å². The first-order valence-electron chi connectivity index (χ1n) is 8.37. The van der Waals surface area contributed by atoms with Gasteiger partial charge in [-0.3, -0.25) is 0 Å². The van der Waals surface area contributed by atoms with E-state index in [4.69, 9.17) is 9.72 Å². The summed E-state index contributed by atoms with van der Waals surface area (Å²) in [5, 5.41) is 0. The molecule has 3 nitrogen and oxygen atoms in total. The molecule has 1 aromatic heterocycles. The molecule has 0 amide bonds. The molecule has 2 aliphatic carbocycles. The van der Waals surface area contributed by atoms with Crippen molar-refractivity contribution >= 4 is 11.0 Å². The highest BCUT2D eigenvalue weighted by Crippen LogP contribution is 2.45. The highest BCUT2D eigenvalue weighted by molar-refractivity contribution is 5.76. The SMILES string of the molecule is COc1ccc2nc(C3CCC4CCCCC4C3)[nH]c2c1. The predicted molar refractivity (Wildman–Crippen MR) is 84.7 cm³/mol. The lowest BCUT2D eigenvalue weighted by Gasteiger charge is -2.38. The van der Waals surface area contributed by atoms with Crippen LogP contribution in [0.2, 0.25) is 0 Å². The van der Waals surface area contributed by atoms with Gasteiger partial charge in [0, 0.05) is 12.0 Å². The van der Waals surface area contributed by atoms with E-state index in [2.05, 4.69) is 17.1 Å². The van der Waals surface area contributed by atoms with E-state index >= 15 is 0 Å². The fraction of sp³-hybridized carbons (Fsp3) is 0.611. The van der Waals surface area contributed by atoms with Gasteiger partial charge in [-0.2, -0.15) is 0 Å². The zero-order valence-electron chi connectivity index (χ0n) is 12.8. The number of methoxy groups -OCH3 is 1. The maximum absolute atomic E-state index is 5.30. The smallest absolute Gasteiger partial charge is 0.121 e. The number of H-pyrrole nitrogens is 1. The van der Waals surface area contributed by atoms with Crippen molar-refractivity contribution in [1.82, 2.24) is 9.97 Å². The molecular weight excluding hydrogens is 260 g/mol. The molecular formula is C18H24N2O. The number of fused-ring (bicyclic) bond motifs is 2. The van der Waals surface area contributed by atoms with Gasteiger partial charge in [0.2, 0.25) is 0 Å². The summed E-state index contributed by atoms with van der Waals surface area (Å²) in [4.78, 5) is 8.38. The molecule has 2 fully saturated rings. The second-order valence-electron chi connectivity index (χ2n) is 6.82. The number of rotatable bonds is 2. The van der Waals surface area contributed by atoms with Crippen molar-refractivity contribution in [2.75, 3.05) is 7.11 Å². The monoisotopic (exact) mass is 284 g/mol. The molecule has 3 heteroatoms. The first-order chi connectivity index (χ1) is 10.3. The van der Waals surface area contributed by atoms with Crippen molar-refractivity contribution in [3.8, 4) is 5.75 Å². The van der Waals surface area contributed by atoms with Gasteiger partial charge in [0.1, 0.15) is 11.6 Å². The third-order valence-corrected chi connectivity index (χ3v) is 5.63. The van der Waals surface area contributed by atoms with Gasteiger partial charge < -0.3 is 9.72 Å². The van der Waals surface area contributed by atoms with Gasteiger partial charge in [-0.1, -0.05) is 25.7 Å². The lowest BCUT2D eigenvalue weighted by molar-refractivity contribution is 0.153. The molecule has 0 spiro atoms. The molecule has 3 unspecified atom stereocenters. The summed E-state index contributed by atoms with van der Waals surface area (Å²) < 4.78 is 5.30. The molecule has 0 bridgehead atoms. The number of hydrogen-bond acceptors (Lipinski definition) is 2. The van der Waals surface area contributed by atoms with E-state index < -0.39 is 0 Å². The molecule has 21 heavy (non-hydrogen) atoms. The van der Waals surface area contributed by atoms with Gasteiger partial charge >= 0.3 is 0 Å². The minimum absolute atomic E-state index is 0.628. The first-order valence-corrected chi connectivity index (χ1v) is 8.37. The van der Waals surface area contributed by atoms with Crippen molar-refractivity contribution in [3.05, 3.63) is 24.0 Å². The largest absolute Gasteiger partial charge is 0.497 e. The van der Waals surface area contributed by atoms with Crippen LogP contribution < -0.4 is 4.74 Å². The summed E-state index contributed by atoms with van der Waals surface area (Å²) in [6.07, 6.45) is 9.83. The number of aromatic amines is 1. The second kappa shape index (κ2) is 5.36. The molecule has 112 valence electrons. The van der Waals surface area contributed by atoms with Crippen LogP contribution in [0.4, 0.5) is 0 Å². The number of ether oxygens (including phenoxy) is 1.